The molecule has 2 aliphatic carbocycles. The summed E-state index contributed by atoms with van der Waals surface area (Å²) in [6.07, 6.45) is 7.04. The molecule has 0 saturated heterocycles. The molecular weight excluding hydrogens is 798 g/mol. The van der Waals surface area contributed by atoms with Gasteiger partial charge in [0.05, 0.1) is 0 Å². The molecule has 0 unspecified atom stereocenters. The van der Waals surface area contributed by atoms with E-state index in [2.05, 4.69) is 157 Å². The van der Waals surface area contributed by atoms with Gasteiger partial charge in [-0.2, -0.15) is 0 Å². The second kappa shape index (κ2) is 14.7. The van der Waals surface area contributed by atoms with E-state index in [9.17, 15) is 0 Å². The molecule has 2 aliphatic rings. The van der Waals surface area contributed by atoms with Gasteiger partial charge in [0, 0.05) is 0 Å². The van der Waals surface area contributed by atoms with Crippen LogP contribution in [0.3, 0.4) is 0 Å². The minimum atomic E-state index is -1.30. The van der Waals surface area contributed by atoms with E-state index in [1.54, 1.807) is 0 Å². The summed E-state index contributed by atoms with van der Waals surface area (Å²) < 4.78 is 1.91. The molecule has 0 radical (unpaired) electrons. The SMILES string of the molecule is CC(C)(C)c1ccc2c(c1)[CH]([Zr+2][C]1=CC=CC1=C(c1cccc3c(Cl)cccc13)c1cccc3c(Cl)cccc13)c1cc(C(C)(C)C)ccc1-2.[Cl-].[Cl-]. The summed E-state index contributed by atoms with van der Waals surface area (Å²) in [4.78, 5) is 0. The zero-order valence-corrected chi connectivity index (χ0v) is 35.7. The normalized spacial score (nSPS) is 13.7. The Morgan fingerprint density at radius 3 is 1.46 bits per heavy atom. The molecule has 0 N–H and O–H groups in total. The topological polar surface area (TPSA) is 0 Å². The number of allylic oxidation sites excluding steroid dienone is 5. The average Bonchev–Trinajstić information content (AvgIpc) is 3.67. The van der Waals surface area contributed by atoms with E-state index in [4.69, 9.17) is 23.2 Å². The van der Waals surface area contributed by atoms with Crippen LogP contribution in [0.2, 0.25) is 10.0 Å². The number of benzene rings is 6. The molecule has 0 fully saturated rings. The van der Waals surface area contributed by atoms with Crippen LogP contribution in [0.4, 0.5) is 0 Å². The van der Waals surface area contributed by atoms with Crippen LogP contribution in [-0.4, -0.2) is 0 Å². The van der Waals surface area contributed by atoms with E-state index in [0.717, 1.165) is 31.6 Å². The maximum absolute atomic E-state index is 6.83. The molecule has 0 aliphatic heterocycles. The first kappa shape index (κ1) is 38.8. The molecule has 0 atom stereocenters. The largest absolute Gasteiger partial charge is 1.00 e. The Bertz CT molecular complexity index is 2300. The summed E-state index contributed by atoms with van der Waals surface area (Å²) in [6.45, 7) is 14.0. The summed E-state index contributed by atoms with van der Waals surface area (Å²) in [5.41, 5.74) is 13.7. The van der Waals surface area contributed by atoms with E-state index in [1.807, 2.05) is 12.1 Å². The second-order valence-electron chi connectivity index (χ2n) is 15.7. The molecule has 0 amide bonds. The van der Waals surface area contributed by atoms with Gasteiger partial charge >= 0.3 is 320 Å². The van der Waals surface area contributed by atoms with E-state index in [1.165, 1.54) is 58.9 Å². The third-order valence-corrected chi connectivity index (χ3v) is 15.1. The van der Waals surface area contributed by atoms with Crippen LogP contribution in [0.15, 0.2) is 136 Å². The van der Waals surface area contributed by atoms with E-state index in [-0.39, 0.29) is 35.6 Å². The fourth-order valence-corrected chi connectivity index (χ4v) is 12.2. The van der Waals surface area contributed by atoms with Gasteiger partial charge in [-0.3, -0.25) is 0 Å². The molecule has 6 aromatic rings. The van der Waals surface area contributed by atoms with Gasteiger partial charge in [-0.15, -0.1) is 0 Å². The fraction of sp³-hybridized carbons (Fsp3) is 0.191. The number of hydrogen-bond donors (Lipinski definition) is 0. The molecule has 0 aromatic heterocycles. The predicted molar refractivity (Wildman–Crippen MR) is 212 cm³/mol. The standard InChI is InChI=1S/C26H15Cl2.C21H25.2ClH.Zr/c27-24-15-5-9-18-20(24)11-3-13-22(18)26(17-7-1-2-8-17)23-14-4-12-21-19(23)10-6-16-25(21)28;1-20(2,3)16-7-9-18-14(12-16)11-15-13-17(21(4,5)6)8-10-19(15)18;;;/h1-7,9-16H;7-13H,1-6H3;2*1H;/q;;;;+2/p-2. The van der Waals surface area contributed by atoms with Crippen LogP contribution in [0, 0.1) is 0 Å². The third kappa shape index (κ3) is 6.83. The minimum Gasteiger partial charge on any atom is -1.00 e. The van der Waals surface area contributed by atoms with Gasteiger partial charge in [0.25, 0.3) is 0 Å². The molecule has 0 saturated carbocycles. The summed E-state index contributed by atoms with van der Waals surface area (Å²) in [5.74, 6) is 0. The van der Waals surface area contributed by atoms with Gasteiger partial charge < -0.3 is 24.8 Å². The Hall–Kier alpha value is -2.90. The molecule has 52 heavy (non-hydrogen) atoms. The van der Waals surface area contributed by atoms with Crippen molar-refractivity contribution < 1.29 is 48.0 Å². The van der Waals surface area contributed by atoms with Crippen molar-refractivity contribution in [2.24, 2.45) is 0 Å². The molecule has 0 heterocycles. The summed E-state index contributed by atoms with van der Waals surface area (Å²) in [5, 5.41) is 6.00. The van der Waals surface area contributed by atoms with Crippen LogP contribution in [-0.2, 0) is 34.1 Å². The Morgan fingerprint density at radius 2 is 1.00 bits per heavy atom. The maximum atomic E-state index is 6.83. The molecule has 5 heteroatoms. The smallest absolute Gasteiger partial charge is 1.00 e. The van der Waals surface area contributed by atoms with Gasteiger partial charge in [-0.1, -0.05) is 0 Å². The average molecular weight is 838 g/mol. The summed E-state index contributed by atoms with van der Waals surface area (Å²) in [7, 11) is 0. The summed E-state index contributed by atoms with van der Waals surface area (Å²) in [6, 6.07) is 40.2. The zero-order chi connectivity index (χ0) is 34.9. The van der Waals surface area contributed by atoms with Crippen LogP contribution in [0.5, 0.6) is 0 Å². The van der Waals surface area contributed by atoms with Crippen LogP contribution in [0.25, 0.3) is 38.2 Å². The van der Waals surface area contributed by atoms with Gasteiger partial charge in [0.2, 0.25) is 0 Å². The Labute approximate surface area is 342 Å². The van der Waals surface area contributed by atoms with Crippen molar-refractivity contribution in [1.82, 2.24) is 0 Å². The predicted octanol–water partition coefficient (Wildman–Crippen LogP) is 8.01. The van der Waals surface area contributed by atoms with E-state index < -0.39 is 23.2 Å². The zero-order valence-electron chi connectivity index (χ0n) is 30.2. The minimum absolute atomic E-state index is 0. The Kier molecular flexibility index (Phi) is 11.0. The number of hydrogen-bond acceptors (Lipinski definition) is 0. The maximum Gasteiger partial charge on any atom is -1.00 e. The molecule has 0 bridgehead atoms. The number of fused-ring (bicyclic) bond motifs is 5. The third-order valence-electron chi connectivity index (χ3n) is 10.4. The first-order valence-electron chi connectivity index (χ1n) is 17.4. The van der Waals surface area contributed by atoms with Gasteiger partial charge in [0.1, 0.15) is 0 Å². The number of halogens is 4. The number of rotatable bonds is 4. The van der Waals surface area contributed by atoms with E-state index in [0.29, 0.717) is 3.63 Å². The van der Waals surface area contributed by atoms with Crippen molar-refractivity contribution in [3.05, 3.63) is 180 Å². The quantitative estimate of drug-likeness (QED) is 0.169. The van der Waals surface area contributed by atoms with Crippen LogP contribution in [0.1, 0.15) is 78.5 Å². The van der Waals surface area contributed by atoms with Crippen molar-refractivity contribution in [2.75, 3.05) is 0 Å². The molecular formula is C47H40Cl4Zr. The van der Waals surface area contributed by atoms with E-state index >= 15 is 0 Å². The molecule has 6 aromatic carbocycles. The molecule has 0 spiro atoms. The first-order chi connectivity index (χ1) is 23.9. The first-order valence-corrected chi connectivity index (χ1v) is 20.8. The fourth-order valence-electron chi connectivity index (χ4n) is 7.68. The summed E-state index contributed by atoms with van der Waals surface area (Å²) >= 11 is 12.4. The van der Waals surface area contributed by atoms with Crippen molar-refractivity contribution in [3.63, 3.8) is 0 Å². The van der Waals surface area contributed by atoms with Crippen molar-refractivity contribution >= 4 is 50.3 Å². The van der Waals surface area contributed by atoms with Gasteiger partial charge in [0.15, 0.2) is 0 Å². The Morgan fingerprint density at radius 1 is 0.558 bits per heavy atom. The Balaban J connectivity index is 0.00000232. The molecule has 260 valence electrons. The van der Waals surface area contributed by atoms with Crippen LogP contribution >= 0.6 is 23.2 Å². The van der Waals surface area contributed by atoms with Crippen molar-refractivity contribution in [1.29, 1.82) is 0 Å². The van der Waals surface area contributed by atoms with Gasteiger partial charge in [-0.05, 0) is 0 Å². The van der Waals surface area contributed by atoms with Crippen LogP contribution < -0.4 is 24.8 Å². The second-order valence-corrected chi connectivity index (χ2v) is 20.0. The van der Waals surface area contributed by atoms with Crippen molar-refractivity contribution in [3.8, 4) is 11.1 Å². The molecule has 0 nitrogen and oxygen atoms in total. The van der Waals surface area contributed by atoms with Crippen molar-refractivity contribution in [2.45, 2.75) is 56.0 Å². The molecule has 8 rings (SSSR count). The monoisotopic (exact) mass is 834 g/mol. The van der Waals surface area contributed by atoms with Gasteiger partial charge in [-0.25, -0.2) is 0 Å².